The molecule has 4 aliphatic rings. The summed E-state index contributed by atoms with van der Waals surface area (Å²) in [6, 6.07) is 6.25. The van der Waals surface area contributed by atoms with E-state index in [2.05, 4.69) is 0 Å². The number of carbonyl (C=O) groups excluding carboxylic acids is 3. The Kier molecular flexibility index (Phi) is 2.72. The highest BCUT2D eigenvalue weighted by Crippen LogP contribution is 2.46. The number of benzene rings is 1. The number of amides is 3. The van der Waals surface area contributed by atoms with Gasteiger partial charge in [-0.25, -0.2) is 4.90 Å². The maximum atomic E-state index is 12.8. The summed E-state index contributed by atoms with van der Waals surface area (Å²) in [6.45, 7) is 0. The quantitative estimate of drug-likeness (QED) is 0.582. The number of halogens is 1. The second-order valence-corrected chi connectivity index (χ2v) is 6.33. The fourth-order valence-corrected chi connectivity index (χ4v) is 3.88. The number of nitrogens with zero attached hydrogens (tertiary/aromatic N) is 2. The highest BCUT2D eigenvalue weighted by atomic mass is 35.5. The second-order valence-electron chi connectivity index (χ2n) is 5.89. The van der Waals surface area contributed by atoms with Gasteiger partial charge in [0, 0.05) is 12.1 Å². The lowest BCUT2D eigenvalue weighted by atomic mass is 9.70. The van der Waals surface area contributed by atoms with Gasteiger partial charge in [0.15, 0.2) is 0 Å². The zero-order valence-corrected chi connectivity index (χ0v) is 12.5. The van der Waals surface area contributed by atoms with Gasteiger partial charge in [0.2, 0.25) is 17.7 Å². The fraction of sp³-hybridized carbons (Fsp3) is 0.312. The highest BCUT2D eigenvalue weighted by molar-refractivity contribution is 6.31. The normalized spacial score (nSPS) is 32.9. The number of likely N-dealkylation sites (N-methyl/N-ethyl adjacent to an activating group) is 1. The van der Waals surface area contributed by atoms with Gasteiger partial charge in [-0.15, -0.1) is 0 Å². The van der Waals surface area contributed by atoms with Crippen LogP contribution in [-0.4, -0.2) is 35.7 Å². The lowest BCUT2D eigenvalue weighted by Gasteiger charge is -2.44. The molecule has 6 heteroatoms. The molecule has 5 nitrogen and oxygen atoms in total. The van der Waals surface area contributed by atoms with Crippen LogP contribution >= 0.6 is 11.6 Å². The average molecular weight is 317 g/mol. The molecule has 2 bridgehead atoms. The summed E-state index contributed by atoms with van der Waals surface area (Å²) in [5.74, 6) is -2.22. The number of imide groups is 1. The van der Waals surface area contributed by atoms with Crippen molar-refractivity contribution in [1.29, 1.82) is 0 Å². The summed E-state index contributed by atoms with van der Waals surface area (Å²) in [6.07, 6.45) is 3.63. The molecule has 3 amide bonds. The van der Waals surface area contributed by atoms with Crippen molar-refractivity contribution in [1.82, 2.24) is 4.90 Å². The number of hydrogen-bond acceptors (Lipinski definition) is 3. The van der Waals surface area contributed by atoms with Gasteiger partial charge in [0.05, 0.1) is 29.5 Å². The molecule has 0 unspecified atom stereocenters. The van der Waals surface area contributed by atoms with E-state index in [9.17, 15) is 14.4 Å². The number of hydrogen-bond donors (Lipinski definition) is 0. The second kappa shape index (κ2) is 4.43. The molecule has 3 heterocycles. The zero-order chi connectivity index (χ0) is 15.6. The van der Waals surface area contributed by atoms with Crippen LogP contribution in [0.3, 0.4) is 0 Å². The Hall–Kier alpha value is -2.14. The largest absolute Gasteiger partial charge is 0.338 e. The zero-order valence-electron chi connectivity index (χ0n) is 11.8. The SMILES string of the molecule is CN1C(=O)[C@@H]2C=C[C@H]1[C@H]1C(=O)N(c3ccc(Cl)cc3)C(=O)[C@@H]12. The van der Waals surface area contributed by atoms with E-state index in [-0.39, 0.29) is 23.8 Å². The molecule has 0 aromatic heterocycles. The standard InChI is InChI=1S/C16H13ClN2O3/c1-18-11-7-6-10(14(18)20)12-13(11)16(22)19(15(12)21)9-4-2-8(17)3-5-9/h2-7,10-13H,1H3/t10-,11+,12-,13-/m1/s1. The summed E-state index contributed by atoms with van der Waals surface area (Å²) in [5, 5.41) is 0.539. The molecular weight excluding hydrogens is 304 g/mol. The van der Waals surface area contributed by atoms with Gasteiger partial charge in [-0.3, -0.25) is 14.4 Å². The Morgan fingerprint density at radius 3 is 2.23 bits per heavy atom. The van der Waals surface area contributed by atoms with Crippen LogP contribution in [0.5, 0.6) is 0 Å². The van der Waals surface area contributed by atoms with Crippen LogP contribution in [0.2, 0.25) is 5.02 Å². The van der Waals surface area contributed by atoms with Crippen LogP contribution in [0.4, 0.5) is 5.69 Å². The van der Waals surface area contributed by atoms with Crippen molar-refractivity contribution in [2.75, 3.05) is 11.9 Å². The molecule has 0 saturated carbocycles. The van der Waals surface area contributed by atoms with E-state index in [1.807, 2.05) is 6.08 Å². The lowest BCUT2D eigenvalue weighted by Crippen LogP contribution is -2.57. The monoisotopic (exact) mass is 316 g/mol. The summed E-state index contributed by atoms with van der Waals surface area (Å²) >= 11 is 5.86. The number of carbonyl (C=O) groups is 3. The van der Waals surface area contributed by atoms with E-state index < -0.39 is 17.8 Å². The lowest BCUT2D eigenvalue weighted by molar-refractivity contribution is -0.148. The van der Waals surface area contributed by atoms with Gasteiger partial charge >= 0.3 is 0 Å². The summed E-state index contributed by atoms with van der Waals surface area (Å²) in [5.41, 5.74) is 0.503. The first-order chi connectivity index (χ1) is 10.5. The van der Waals surface area contributed by atoms with Crippen LogP contribution in [0.25, 0.3) is 0 Å². The average Bonchev–Trinajstić information content (AvgIpc) is 2.78. The highest BCUT2D eigenvalue weighted by Gasteiger charge is 2.61. The van der Waals surface area contributed by atoms with Crippen LogP contribution in [0.1, 0.15) is 0 Å². The Morgan fingerprint density at radius 1 is 0.909 bits per heavy atom. The molecule has 0 spiro atoms. The van der Waals surface area contributed by atoms with Crippen molar-refractivity contribution in [3.63, 3.8) is 0 Å². The molecule has 1 aromatic rings. The van der Waals surface area contributed by atoms with Gasteiger partial charge in [-0.05, 0) is 24.3 Å². The molecule has 0 N–H and O–H groups in total. The third-order valence-electron chi connectivity index (χ3n) is 4.83. The minimum Gasteiger partial charge on any atom is -0.338 e. The van der Waals surface area contributed by atoms with E-state index in [4.69, 9.17) is 11.6 Å². The first kappa shape index (κ1) is 13.5. The predicted octanol–water partition coefficient (Wildman–Crippen LogP) is 1.47. The van der Waals surface area contributed by atoms with Crippen LogP contribution < -0.4 is 4.90 Å². The predicted molar refractivity (Wildman–Crippen MR) is 80.1 cm³/mol. The molecule has 3 aliphatic heterocycles. The van der Waals surface area contributed by atoms with Crippen LogP contribution in [-0.2, 0) is 14.4 Å². The van der Waals surface area contributed by atoms with Gasteiger partial charge in [0.1, 0.15) is 0 Å². The molecule has 112 valence electrons. The Morgan fingerprint density at radius 2 is 1.55 bits per heavy atom. The minimum absolute atomic E-state index is 0.0899. The number of piperidine rings is 1. The van der Waals surface area contributed by atoms with Crippen molar-refractivity contribution in [3.05, 3.63) is 41.4 Å². The summed E-state index contributed by atoms with van der Waals surface area (Å²) < 4.78 is 0. The summed E-state index contributed by atoms with van der Waals surface area (Å²) in [4.78, 5) is 40.5. The minimum atomic E-state index is -0.582. The third-order valence-corrected chi connectivity index (χ3v) is 5.09. The molecule has 0 radical (unpaired) electrons. The van der Waals surface area contributed by atoms with E-state index in [0.717, 1.165) is 0 Å². The maximum absolute atomic E-state index is 12.8. The third kappa shape index (κ3) is 1.57. The number of rotatable bonds is 1. The van der Waals surface area contributed by atoms with Crippen molar-refractivity contribution in [2.45, 2.75) is 6.04 Å². The molecule has 1 aromatic carbocycles. The fourth-order valence-electron chi connectivity index (χ4n) is 3.76. The molecule has 22 heavy (non-hydrogen) atoms. The molecule has 2 fully saturated rings. The smallest absolute Gasteiger partial charge is 0.240 e. The molecule has 2 saturated heterocycles. The van der Waals surface area contributed by atoms with Gasteiger partial charge < -0.3 is 4.90 Å². The van der Waals surface area contributed by atoms with Gasteiger partial charge in [0.25, 0.3) is 0 Å². The Bertz CT molecular complexity index is 727. The molecule has 5 rings (SSSR count). The van der Waals surface area contributed by atoms with Crippen molar-refractivity contribution in [3.8, 4) is 0 Å². The topological polar surface area (TPSA) is 57.7 Å². The first-order valence-corrected chi connectivity index (χ1v) is 7.47. The van der Waals surface area contributed by atoms with E-state index in [0.29, 0.717) is 10.7 Å². The first-order valence-electron chi connectivity index (χ1n) is 7.09. The van der Waals surface area contributed by atoms with Crippen LogP contribution in [0, 0.1) is 17.8 Å². The van der Waals surface area contributed by atoms with E-state index in [1.165, 1.54) is 4.90 Å². The Labute approximate surface area is 132 Å². The van der Waals surface area contributed by atoms with E-state index >= 15 is 0 Å². The Balaban J connectivity index is 1.78. The maximum Gasteiger partial charge on any atom is 0.240 e. The number of anilines is 1. The van der Waals surface area contributed by atoms with E-state index in [1.54, 1.807) is 42.3 Å². The number of fused-ring (bicyclic) bond motifs is 1. The molecular formula is C16H13ClN2O3. The van der Waals surface area contributed by atoms with Crippen molar-refractivity contribution in [2.24, 2.45) is 17.8 Å². The van der Waals surface area contributed by atoms with Gasteiger partial charge in [-0.1, -0.05) is 23.8 Å². The molecule has 4 atom stereocenters. The van der Waals surface area contributed by atoms with Crippen molar-refractivity contribution >= 4 is 35.0 Å². The van der Waals surface area contributed by atoms with Gasteiger partial charge in [-0.2, -0.15) is 0 Å². The van der Waals surface area contributed by atoms with Crippen molar-refractivity contribution < 1.29 is 14.4 Å². The van der Waals surface area contributed by atoms with Crippen LogP contribution in [0.15, 0.2) is 36.4 Å². The molecule has 1 aliphatic carbocycles. The summed E-state index contributed by atoms with van der Waals surface area (Å²) in [7, 11) is 1.68.